The van der Waals surface area contributed by atoms with Gasteiger partial charge in [-0.15, -0.1) is 0 Å². The van der Waals surface area contributed by atoms with Crippen molar-refractivity contribution in [3.63, 3.8) is 0 Å². The highest BCUT2D eigenvalue weighted by molar-refractivity contribution is 6.31. The Balaban J connectivity index is 2.15. The number of hydrogen-bond acceptors (Lipinski definition) is 2. The number of nitrogens with zero attached hydrogens (tertiary/aromatic N) is 1. The van der Waals surface area contributed by atoms with Gasteiger partial charge in [0, 0.05) is 24.0 Å². The van der Waals surface area contributed by atoms with Crippen LogP contribution in [0.2, 0.25) is 5.02 Å². The summed E-state index contributed by atoms with van der Waals surface area (Å²) in [6.07, 6.45) is 0.976. The van der Waals surface area contributed by atoms with Gasteiger partial charge in [-0.25, -0.2) is 0 Å². The smallest absolute Gasteiger partial charge is 0.242 e. The van der Waals surface area contributed by atoms with Gasteiger partial charge in [-0.2, -0.15) is 0 Å². The Morgan fingerprint density at radius 1 is 1.04 bits per heavy atom. The molecule has 0 radical (unpaired) electrons. The fraction of sp³-hybridized carbons (Fsp3) is 0.391. The number of carbonyl (C=O) groups is 2. The molecule has 0 unspecified atom stereocenters. The van der Waals surface area contributed by atoms with E-state index >= 15 is 0 Å². The van der Waals surface area contributed by atoms with E-state index in [0.717, 1.165) is 11.1 Å². The van der Waals surface area contributed by atoms with Crippen LogP contribution < -0.4 is 5.32 Å². The van der Waals surface area contributed by atoms with Gasteiger partial charge in [0.15, 0.2) is 0 Å². The summed E-state index contributed by atoms with van der Waals surface area (Å²) in [5.41, 5.74) is 3.13. The molecule has 2 aromatic rings. The normalized spacial score (nSPS) is 11.9. The van der Waals surface area contributed by atoms with E-state index in [4.69, 9.17) is 11.6 Å². The van der Waals surface area contributed by atoms with Crippen LogP contribution in [0.3, 0.4) is 0 Å². The third kappa shape index (κ3) is 6.38. The predicted octanol–water partition coefficient (Wildman–Crippen LogP) is 4.52. The van der Waals surface area contributed by atoms with E-state index in [0.29, 0.717) is 24.4 Å². The molecule has 150 valence electrons. The number of nitrogens with one attached hydrogen (secondary N) is 1. The van der Waals surface area contributed by atoms with Crippen LogP contribution in [0.25, 0.3) is 0 Å². The number of benzene rings is 2. The predicted molar refractivity (Wildman–Crippen MR) is 114 cm³/mol. The number of halogens is 1. The summed E-state index contributed by atoms with van der Waals surface area (Å²) in [6.45, 7) is 7.91. The fourth-order valence-electron chi connectivity index (χ4n) is 2.95. The molecule has 0 spiro atoms. The van der Waals surface area contributed by atoms with E-state index in [9.17, 15) is 9.59 Å². The zero-order valence-electron chi connectivity index (χ0n) is 17.0. The molecule has 1 N–H and O–H groups in total. The van der Waals surface area contributed by atoms with Gasteiger partial charge in [0.1, 0.15) is 6.04 Å². The fourth-order valence-corrected chi connectivity index (χ4v) is 3.14. The topological polar surface area (TPSA) is 49.4 Å². The van der Waals surface area contributed by atoms with Crippen LogP contribution in [0, 0.1) is 6.92 Å². The largest absolute Gasteiger partial charge is 0.352 e. The molecule has 0 saturated heterocycles. The van der Waals surface area contributed by atoms with Crippen molar-refractivity contribution in [2.45, 2.75) is 59.2 Å². The first-order valence-corrected chi connectivity index (χ1v) is 10.0. The van der Waals surface area contributed by atoms with Gasteiger partial charge >= 0.3 is 0 Å². The van der Waals surface area contributed by atoms with E-state index in [-0.39, 0.29) is 17.9 Å². The van der Waals surface area contributed by atoms with Crippen molar-refractivity contribution in [3.05, 3.63) is 70.2 Å². The average Bonchev–Trinajstić information content (AvgIpc) is 2.65. The second kappa shape index (κ2) is 10.3. The Labute approximate surface area is 172 Å². The van der Waals surface area contributed by atoms with Crippen LogP contribution >= 0.6 is 11.6 Å². The van der Waals surface area contributed by atoms with Gasteiger partial charge in [0.2, 0.25) is 11.8 Å². The van der Waals surface area contributed by atoms with Gasteiger partial charge < -0.3 is 10.2 Å². The monoisotopic (exact) mass is 400 g/mol. The van der Waals surface area contributed by atoms with Gasteiger partial charge in [0.05, 0.1) is 0 Å². The molecule has 4 nitrogen and oxygen atoms in total. The first-order valence-electron chi connectivity index (χ1n) is 9.66. The van der Waals surface area contributed by atoms with Crippen molar-refractivity contribution in [3.8, 4) is 0 Å². The summed E-state index contributed by atoms with van der Waals surface area (Å²) in [7, 11) is 0. The van der Waals surface area contributed by atoms with Crippen LogP contribution in [-0.4, -0.2) is 28.8 Å². The molecule has 2 amide bonds. The highest BCUT2D eigenvalue weighted by atomic mass is 35.5. The second-order valence-corrected chi connectivity index (χ2v) is 7.85. The van der Waals surface area contributed by atoms with Crippen molar-refractivity contribution in [1.82, 2.24) is 10.2 Å². The maximum Gasteiger partial charge on any atom is 0.242 e. The lowest BCUT2D eigenvalue weighted by Crippen LogP contribution is -2.49. The number of rotatable bonds is 8. The Hall–Kier alpha value is -2.33. The Bertz CT molecular complexity index is 803. The molecular weight excluding hydrogens is 372 g/mol. The second-order valence-electron chi connectivity index (χ2n) is 7.44. The average molecular weight is 401 g/mol. The Morgan fingerprint density at radius 2 is 1.68 bits per heavy atom. The lowest BCUT2D eigenvalue weighted by atomic mass is 10.1. The third-order valence-corrected chi connectivity index (χ3v) is 5.01. The molecule has 0 heterocycles. The molecule has 28 heavy (non-hydrogen) atoms. The minimum atomic E-state index is -0.579. The van der Waals surface area contributed by atoms with Crippen molar-refractivity contribution >= 4 is 23.4 Å². The summed E-state index contributed by atoms with van der Waals surface area (Å²) in [6, 6.07) is 15.0. The molecule has 0 aliphatic carbocycles. The molecule has 0 fully saturated rings. The highest BCUT2D eigenvalue weighted by Gasteiger charge is 2.26. The summed E-state index contributed by atoms with van der Waals surface area (Å²) < 4.78 is 0. The third-order valence-electron chi connectivity index (χ3n) is 4.64. The van der Waals surface area contributed by atoms with E-state index in [1.54, 1.807) is 17.9 Å². The van der Waals surface area contributed by atoms with Crippen molar-refractivity contribution in [1.29, 1.82) is 0 Å². The first kappa shape index (κ1) is 22.0. The van der Waals surface area contributed by atoms with Gasteiger partial charge in [-0.05, 0) is 51.3 Å². The molecular formula is C23H29ClN2O2. The van der Waals surface area contributed by atoms with Crippen molar-refractivity contribution in [2.75, 3.05) is 0 Å². The molecule has 0 bridgehead atoms. The molecule has 2 aromatic carbocycles. The summed E-state index contributed by atoms with van der Waals surface area (Å²) in [5.74, 6) is -0.224. The number of aryl methyl sites for hydroxylation is 2. The van der Waals surface area contributed by atoms with Crippen LogP contribution in [0.4, 0.5) is 0 Å². The zero-order valence-corrected chi connectivity index (χ0v) is 17.8. The van der Waals surface area contributed by atoms with Crippen LogP contribution in [0.5, 0.6) is 0 Å². The minimum absolute atomic E-state index is 0.0137. The maximum atomic E-state index is 13.0. The van der Waals surface area contributed by atoms with Gasteiger partial charge in [-0.3, -0.25) is 9.59 Å². The Kier molecular flexibility index (Phi) is 8.06. The molecule has 0 aliphatic heterocycles. The number of carbonyl (C=O) groups excluding carboxylic acids is 2. The molecule has 5 heteroatoms. The lowest BCUT2D eigenvalue weighted by molar-refractivity contribution is -0.140. The standard InChI is InChI=1S/C23H29ClN2O2/c1-16(2)25-23(28)18(4)26(15-20-7-5-6-8-21(20)24)22(27)14-13-19-11-9-17(3)10-12-19/h5-12,16,18H,13-15H2,1-4H3,(H,25,28)/t18-/m1/s1. The van der Waals surface area contributed by atoms with E-state index in [1.807, 2.05) is 63.2 Å². The Morgan fingerprint density at radius 3 is 2.29 bits per heavy atom. The summed E-state index contributed by atoms with van der Waals surface area (Å²) in [4.78, 5) is 27.2. The number of amides is 2. The van der Waals surface area contributed by atoms with Crippen LogP contribution in [0.1, 0.15) is 43.9 Å². The van der Waals surface area contributed by atoms with E-state index < -0.39 is 6.04 Å². The first-order chi connectivity index (χ1) is 13.3. The quantitative estimate of drug-likeness (QED) is 0.708. The minimum Gasteiger partial charge on any atom is -0.352 e. The zero-order chi connectivity index (χ0) is 20.7. The van der Waals surface area contributed by atoms with Crippen LogP contribution in [-0.2, 0) is 22.6 Å². The van der Waals surface area contributed by atoms with Crippen molar-refractivity contribution in [2.24, 2.45) is 0 Å². The van der Waals surface area contributed by atoms with Gasteiger partial charge in [-0.1, -0.05) is 59.6 Å². The molecule has 0 saturated carbocycles. The molecule has 1 atom stereocenters. The summed E-state index contributed by atoms with van der Waals surface area (Å²) >= 11 is 6.29. The maximum absolute atomic E-state index is 13.0. The van der Waals surface area contributed by atoms with E-state index in [1.165, 1.54) is 5.56 Å². The molecule has 0 aromatic heterocycles. The summed E-state index contributed by atoms with van der Waals surface area (Å²) in [5, 5.41) is 3.49. The number of hydrogen-bond donors (Lipinski definition) is 1. The molecule has 2 rings (SSSR count). The van der Waals surface area contributed by atoms with Crippen molar-refractivity contribution < 1.29 is 9.59 Å². The molecule has 0 aliphatic rings. The SMILES string of the molecule is Cc1ccc(CCC(=O)N(Cc2ccccc2Cl)[C@H](C)C(=O)NC(C)C)cc1. The highest BCUT2D eigenvalue weighted by Crippen LogP contribution is 2.20. The lowest BCUT2D eigenvalue weighted by Gasteiger charge is -2.29. The van der Waals surface area contributed by atoms with Gasteiger partial charge in [0.25, 0.3) is 0 Å². The van der Waals surface area contributed by atoms with Crippen LogP contribution in [0.15, 0.2) is 48.5 Å². The van der Waals surface area contributed by atoms with E-state index in [2.05, 4.69) is 5.32 Å².